The lowest BCUT2D eigenvalue weighted by molar-refractivity contribution is -0.131. The molecule has 1 atom stereocenters. The number of halogens is 1. The third kappa shape index (κ3) is 3.90. The number of carbonyl (C=O) groups is 1. The smallest absolute Gasteiger partial charge is 0.236 e. The van der Waals surface area contributed by atoms with Crippen LogP contribution in [0.2, 0.25) is 0 Å². The van der Waals surface area contributed by atoms with Crippen LogP contribution in [0.25, 0.3) is 0 Å². The number of benzene rings is 1. The highest BCUT2D eigenvalue weighted by atomic mass is 79.9. The van der Waals surface area contributed by atoms with Gasteiger partial charge in [-0.1, -0.05) is 35.8 Å². The van der Waals surface area contributed by atoms with Gasteiger partial charge in [0.25, 0.3) is 0 Å². The minimum absolute atomic E-state index is 0.0825. The fourth-order valence-electron chi connectivity index (χ4n) is 2.45. The van der Waals surface area contributed by atoms with Gasteiger partial charge in [-0.05, 0) is 18.1 Å². The lowest BCUT2D eigenvalue weighted by Gasteiger charge is -2.37. The van der Waals surface area contributed by atoms with Gasteiger partial charge in [-0.25, -0.2) is 0 Å². The number of alkyl halides is 1. The lowest BCUT2D eigenvalue weighted by Crippen LogP contribution is -2.51. The van der Waals surface area contributed by atoms with Gasteiger partial charge in [0.2, 0.25) is 5.91 Å². The minimum Gasteiger partial charge on any atom is -0.497 e. The molecule has 0 bridgehead atoms. The number of amides is 1. The molecule has 21 heavy (non-hydrogen) atoms. The van der Waals surface area contributed by atoms with E-state index in [0.29, 0.717) is 5.92 Å². The molecular formula is C16H23BrN2O2. The third-order valence-electron chi connectivity index (χ3n) is 3.83. The maximum Gasteiger partial charge on any atom is 0.236 e. The molecule has 5 heteroatoms. The Labute approximate surface area is 135 Å². The van der Waals surface area contributed by atoms with Gasteiger partial charge in [0, 0.05) is 37.9 Å². The van der Waals surface area contributed by atoms with E-state index in [-0.39, 0.29) is 10.7 Å². The Morgan fingerprint density at radius 3 is 2.48 bits per heavy atom. The molecule has 0 spiro atoms. The molecule has 1 saturated heterocycles. The summed E-state index contributed by atoms with van der Waals surface area (Å²) < 4.78 is 5.27. The molecule has 0 aromatic heterocycles. The third-order valence-corrected chi connectivity index (χ3v) is 5.28. The number of rotatable bonds is 4. The van der Waals surface area contributed by atoms with Gasteiger partial charge in [-0.15, -0.1) is 0 Å². The van der Waals surface area contributed by atoms with E-state index in [9.17, 15) is 4.79 Å². The zero-order valence-corrected chi connectivity index (χ0v) is 14.5. The Balaban J connectivity index is 1.95. The molecule has 4 nitrogen and oxygen atoms in total. The second kappa shape index (κ2) is 7.16. The lowest BCUT2D eigenvalue weighted by atomic mass is 10.1. The largest absolute Gasteiger partial charge is 0.497 e. The first kappa shape index (κ1) is 16.1. The SMILES string of the molecule is COc1cccc(N2CCN(C(=O)C(Br)C(C)C)CC2)c1. The van der Waals surface area contributed by atoms with E-state index in [4.69, 9.17) is 4.74 Å². The van der Waals surface area contributed by atoms with Gasteiger partial charge in [-0.3, -0.25) is 4.79 Å². The molecule has 1 fully saturated rings. The predicted molar refractivity (Wildman–Crippen MR) is 89.3 cm³/mol. The van der Waals surface area contributed by atoms with Gasteiger partial charge in [0.15, 0.2) is 0 Å². The first-order valence-corrected chi connectivity index (χ1v) is 8.26. The zero-order valence-electron chi connectivity index (χ0n) is 12.9. The average molecular weight is 355 g/mol. The molecule has 1 unspecified atom stereocenters. The molecule has 1 aromatic rings. The van der Waals surface area contributed by atoms with E-state index in [2.05, 4.69) is 40.7 Å². The van der Waals surface area contributed by atoms with Crippen molar-refractivity contribution in [1.82, 2.24) is 4.90 Å². The van der Waals surface area contributed by atoms with Crippen LogP contribution in [-0.2, 0) is 4.79 Å². The summed E-state index contributed by atoms with van der Waals surface area (Å²) in [6, 6.07) is 8.07. The van der Waals surface area contributed by atoms with Crippen molar-refractivity contribution < 1.29 is 9.53 Å². The zero-order chi connectivity index (χ0) is 15.4. The normalized spacial score (nSPS) is 17.0. The Kier molecular flexibility index (Phi) is 5.51. The number of carbonyl (C=O) groups excluding carboxylic acids is 1. The molecule has 0 radical (unpaired) electrons. The second-order valence-electron chi connectivity index (χ2n) is 5.66. The molecule has 1 aliphatic rings. The standard InChI is InChI=1S/C16H23BrN2O2/c1-12(2)15(17)16(20)19-9-7-18(8-10-19)13-5-4-6-14(11-13)21-3/h4-6,11-12,15H,7-10H2,1-3H3. The highest BCUT2D eigenvalue weighted by molar-refractivity contribution is 9.10. The maximum absolute atomic E-state index is 12.3. The molecule has 0 aliphatic carbocycles. The predicted octanol–water partition coefficient (Wildman–Crippen LogP) is 2.76. The van der Waals surface area contributed by atoms with E-state index < -0.39 is 0 Å². The number of ether oxygens (including phenoxy) is 1. The van der Waals surface area contributed by atoms with Crippen LogP contribution >= 0.6 is 15.9 Å². The summed E-state index contributed by atoms with van der Waals surface area (Å²) in [4.78, 5) is 16.5. The molecule has 1 heterocycles. The Hall–Kier alpha value is -1.23. The van der Waals surface area contributed by atoms with E-state index >= 15 is 0 Å². The molecule has 0 N–H and O–H groups in total. The molecular weight excluding hydrogens is 332 g/mol. The summed E-state index contributed by atoms with van der Waals surface area (Å²) in [6.07, 6.45) is 0. The number of hydrogen-bond acceptors (Lipinski definition) is 3. The van der Waals surface area contributed by atoms with Crippen molar-refractivity contribution in [3.63, 3.8) is 0 Å². The number of nitrogens with zero attached hydrogens (tertiary/aromatic N) is 2. The molecule has 0 saturated carbocycles. The van der Waals surface area contributed by atoms with Crippen LogP contribution in [0.3, 0.4) is 0 Å². The fourth-order valence-corrected chi connectivity index (χ4v) is 2.74. The summed E-state index contributed by atoms with van der Waals surface area (Å²) in [6.45, 7) is 7.37. The van der Waals surface area contributed by atoms with Crippen LogP contribution in [0.15, 0.2) is 24.3 Å². The Morgan fingerprint density at radius 1 is 1.24 bits per heavy atom. The summed E-state index contributed by atoms with van der Waals surface area (Å²) in [5, 5.41) is 0. The van der Waals surface area contributed by atoms with Crippen molar-refractivity contribution in [3.8, 4) is 5.75 Å². The summed E-state index contributed by atoms with van der Waals surface area (Å²) in [5.74, 6) is 1.38. The molecule has 1 aliphatic heterocycles. The topological polar surface area (TPSA) is 32.8 Å². The van der Waals surface area contributed by atoms with E-state index in [1.54, 1.807) is 7.11 Å². The highest BCUT2D eigenvalue weighted by Gasteiger charge is 2.27. The van der Waals surface area contributed by atoms with Crippen molar-refractivity contribution in [1.29, 1.82) is 0 Å². The van der Waals surface area contributed by atoms with Crippen molar-refractivity contribution in [2.45, 2.75) is 18.7 Å². The average Bonchev–Trinajstić information content (AvgIpc) is 2.53. The monoisotopic (exact) mass is 354 g/mol. The van der Waals surface area contributed by atoms with Crippen molar-refractivity contribution in [2.75, 3.05) is 38.2 Å². The van der Waals surface area contributed by atoms with E-state index in [1.807, 2.05) is 23.1 Å². The Bertz CT molecular complexity index is 485. The fraction of sp³-hybridized carbons (Fsp3) is 0.562. The number of anilines is 1. The number of hydrogen-bond donors (Lipinski definition) is 0. The number of methoxy groups -OCH3 is 1. The maximum atomic E-state index is 12.3. The second-order valence-corrected chi connectivity index (χ2v) is 6.65. The van der Waals surface area contributed by atoms with E-state index in [0.717, 1.165) is 37.6 Å². The van der Waals surface area contributed by atoms with Crippen molar-refractivity contribution in [2.24, 2.45) is 5.92 Å². The quantitative estimate of drug-likeness (QED) is 0.779. The first-order valence-electron chi connectivity index (χ1n) is 7.34. The van der Waals surface area contributed by atoms with Crippen LogP contribution in [0.4, 0.5) is 5.69 Å². The van der Waals surface area contributed by atoms with E-state index in [1.165, 1.54) is 0 Å². The van der Waals surface area contributed by atoms with Crippen LogP contribution in [0.5, 0.6) is 5.75 Å². The molecule has 1 aromatic carbocycles. The summed E-state index contributed by atoms with van der Waals surface area (Å²) >= 11 is 3.50. The van der Waals surface area contributed by atoms with Crippen LogP contribution in [0.1, 0.15) is 13.8 Å². The molecule has 116 valence electrons. The Morgan fingerprint density at radius 2 is 1.90 bits per heavy atom. The van der Waals surface area contributed by atoms with Crippen LogP contribution < -0.4 is 9.64 Å². The van der Waals surface area contributed by atoms with Gasteiger partial charge in [0.1, 0.15) is 5.75 Å². The first-order chi connectivity index (χ1) is 10.0. The van der Waals surface area contributed by atoms with Gasteiger partial charge in [-0.2, -0.15) is 0 Å². The summed E-state index contributed by atoms with van der Waals surface area (Å²) in [7, 11) is 1.68. The van der Waals surface area contributed by atoms with Crippen LogP contribution in [0, 0.1) is 5.92 Å². The van der Waals surface area contributed by atoms with Gasteiger partial charge in [0.05, 0.1) is 11.9 Å². The minimum atomic E-state index is -0.0825. The van der Waals surface area contributed by atoms with Gasteiger partial charge >= 0.3 is 0 Å². The molecule has 1 amide bonds. The van der Waals surface area contributed by atoms with Gasteiger partial charge < -0.3 is 14.5 Å². The highest BCUT2D eigenvalue weighted by Crippen LogP contribution is 2.23. The van der Waals surface area contributed by atoms with Crippen molar-refractivity contribution >= 4 is 27.5 Å². The van der Waals surface area contributed by atoms with Crippen molar-refractivity contribution in [3.05, 3.63) is 24.3 Å². The number of piperazine rings is 1. The molecule has 2 rings (SSSR count). The van der Waals surface area contributed by atoms with Crippen LogP contribution in [-0.4, -0.2) is 48.9 Å². The summed E-state index contributed by atoms with van der Waals surface area (Å²) in [5.41, 5.74) is 1.15.